The van der Waals surface area contributed by atoms with Crippen LogP contribution in [0.1, 0.15) is 26.2 Å². The summed E-state index contributed by atoms with van der Waals surface area (Å²) in [5, 5.41) is 6.16. The smallest absolute Gasteiger partial charge is 0.239 e. The van der Waals surface area contributed by atoms with Crippen LogP contribution in [0.3, 0.4) is 0 Å². The van der Waals surface area contributed by atoms with Crippen LogP contribution in [0.15, 0.2) is 0 Å². The van der Waals surface area contributed by atoms with E-state index in [4.69, 9.17) is 9.47 Å². The van der Waals surface area contributed by atoms with Crippen molar-refractivity contribution in [3.05, 3.63) is 0 Å². The lowest BCUT2D eigenvalue weighted by Gasteiger charge is -2.25. The first-order chi connectivity index (χ1) is 8.27. The van der Waals surface area contributed by atoms with Gasteiger partial charge >= 0.3 is 0 Å². The summed E-state index contributed by atoms with van der Waals surface area (Å²) in [4.78, 5) is 11.9. The summed E-state index contributed by atoms with van der Waals surface area (Å²) >= 11 is 0. The molecule has 0 aromatic carbocycles. The molecule has 5 nitrogen and oxygen atoms in total. The van der Waals surface area contributed by atoms with E-state index < -0.39 is 0 Å². The zero-order valence-electron chi connectivity index (χ0n) is 10.8. The third kappa shape index (κ3) is 5.48. The SMILES string of the molecule is CCCCC(COC)NC(=O)C1COCCN1. The molecule has 1 amide bonds. The first-order valence-corrected chi connectivity index (χ1v) is 6.38. The quantitative estimate of drug-likeness (QED) is 0.676. The lowest BCUT2D eigenvalue weighted by molar-refractivity contribution is -0.127. The van der Waals surface area contributed by atoms with E-state index >= 15 is 0 Å². The van der Waals surface area contributed by atoms with Crippen LogP contribution in [0.25, 0.3) is 0 Å². The van der Waals surface area contributed by atoms with Gasteiger partial charge in [-0.05, 0) is 6.42 Å². The number of hydrogen-bond donors (Lipinski definition) is 2. The number of methoxy groups -OCH3 is 1. The second kappa shape index (κ2) is 8.44. The molecule has 2 N–H and O–H groups in total. The fourth-order valence-corrected chi connectivity index (χ4v) is 1.88. The van der Waals surface area contributed by atoms with E-state index in [2.05, 4.69) is 17.6 Å². The van der Waals surface area contributed by atoms with Crippen LogP contribution in [0, 0.1) is 0 Å². The van der Waals surface area contributed by atoms with E-state index in [-0.39, 0.29) is 18.0 Å². The van der Waals surface area contributed by atoms with Crippen molar-refractivity contribution in [3.8, 4) is 0 Å². The Morgan fingerprint density at radius 1 is 1.65 bits per heavy atom. The second-order valence-corrected chi connectivity index (χ2v) is 4.38. The van der Waals surface area contributed by atoms with Crippen LogP contribution in [-0.2, 0) is 14.3 Å². The molecule has 1 heterocycles. The van der Waals surface area contributed by atoms with E-state index in [0.717, 1.165) is 25.8 Å². The summed E-state index contributed by atoms with van der Waals surface area (Å²) < 4.78 is 10.4. The minimum Gasteiger partial charge on any atom is -0.383 e. The number of carbonyl (C=O) groups is 1. The van der Waals surface area contributed by atoms with Gasteiger partial charge in [-0.15, -0.1) is 0 Å². The normalized spacial score (nSPS) is 22.1. The average Bonchev–Trinajstić information content (AvgIpc) is 2.37. The van der Waals surface area contributed by atoms with Gasteiger partial charge in [0.05, 0.1) is 25.9 Å². The van der Waals surface area contributed by atoms with E-state index in [1.165, 1.54) is 0 Å². The summed E-state index contributed by atoms with van der Waals surface area (Å²) in [5.74, 6) is 0.0165. The van der Waals surface area contributed by atoms with Crippen molar-refractivity contribution >= 4 is 5.91 Å². The maximum atomic E-state index is 11.9. The molecule has 2 unspecified atom stereocenters. The van der Waals surface area contributed by atoms with E-state index in [1.54, 1.807) is 7.11 Å². The van der Waals surface area contributed by atoms with Crippen molar-refractivity contribution in [1.29, 1.82) is 0 Å². The molecule has 1 aliphatic heterocycles. The highest BCUT2D eigenvalue weighted by Gasteiger charge is 2.23. The molecule has 5 heteroatoms. The Bertz CT molecular complexity index is 218. The molecule has 1 saturated heterocycles. The Morgan fingerprint density at radius 2 is 2.47 bits per heavy atom. The maximum Gasteiger partial charge on any atom is 0.239 e. The van der Waals surface area contributed by atoms with Crippen LogP contribution in [0.2, 0.25) is 0 Å². The summed E-state index contributed by atoms with van der Waals surface area (Å²) in [6.45, 7) is 4.59. The van der Waals surface area contributed by atoms with Crippen LogP contribution in [0.4, 0.5) is 0 Å². The second-order valence-electron chi connectivity index (χ2n) is 4.38. The summed E-state index contributed by atoms with van der Waals surface area (Å²) in [5.41, 5.74) is 0. The molecule has 1 aliphatic rings. The lowest BCUT2D eigenvalue weighted by atomic mass is 10.1. The number of amides is 1. The van der Waals surface area contributed by atoms with Gasteiger partial charge in [-0.1, -0.05) is 19.8 Å². The number of nitrogens with one attached hydrogen (secondary N) is 2. The van der Waals surface area contributed by atoms with Crippen molar-refractivity contribution in [2.24, 2.45) is 0 Å². The molecular weight excluding hydrogens is 220 g/mol. The summed E-state index contributed by atoms with van der Waals surface area (Å²) in [6.07, 6.45) is 3.19. The van der Waals surface area contributed by atoms with E-state index in [9.17, 15) is 4.79 Å². The van der Waals surface area contributed by atoms with Gasteiger partial charge < -0.3 is 20.1 Å². The van der Waals surface area contributed by atoms with Crippen LogP contribution >= 0.6 is 0 Å². The van der Waals surface area contributed by atoms with Crippen LogP contribution < -0.4 is 10.6 Å². The first kappa shape index (κ1) is 14.4. The van der Waals surface area contributed by atoms with Crippen molar-refractivity contribution in [2.75, 3.05) is 33.5 Å². The summed E-state index contributed by atoms with van der Waals surface area (Å²) in [7, 11) is 1.66. The Hall–Kier alpha value is -0.650. The fraction of sp³-hybridized carbons (Fsp3) is 0.917. The topological polar surface area (TPSA) is 59.6 Å². The number of rotatable bonds is 7. The molecule has 17 heavy (non-hydrogen) atoms. The van der Waals surface area contributed by atoms with Crippen molar-refractivity contribution < 1.29 is 14.3 Å². The minimum absolute atomic E-state index is 0.0165. The maximum absolute atomic E-state index is 11.9. The highest BCUT2D eigenvalue weighted by atomic mass is 16.5. The number of hydrogen-bond acceptors (Lipinski definition) is 4. The molecule has 2 atom stereocenters. The number of ether oxygens (including phenoxy) is 2. The largest absolute Gasteiger partial charge is 0.383 e. The average molecular weight is 244 g/mol. The van der Waals surface area contributed by atoms with Crippen molar-refractivity contribution in [1.82, 2.24) is 10.6 Å². The van der Waals surface area contributed by atoms with Gasteiger partial charge in [-0.2, -0.15) is 0 Å². The minimum atomic E-state index is -0.218. The molecule has 0 spiro atoms. The highest BCUT2D eigenvalue weighted by molar-refractivity contribution is 5.82. The monoisotopic (exact) mass is 244 g/mol. The van der Waals surface area contributed by atoms with Crippen molar-refractivity contribution in [3.63, 3.8) is 0 Å². The molecule has 0 aromatic rings. The first-order valence-electron chi connectivity index (χ1n) is 6.38. The zero-order chi connectivity index (χ0) is 12.5. The summed E-state index contributed by atoms with van der Waals surface area (Å²) in [6, 6.07) is -0.110. The third-order valence-electron chi connectivity index (χ3n) is 2.86. The standard InChI is InChI=1S/C12H24N2O3/c1-3-4-5-10(8-16-2)14-12(15)11-9-17-7-6-13-11/h10-11,13H,3-9H2,1-2H3,(H,14,15). The van der Waals surface area contributed by atoms with Gasteiger partial charge in [0.15, 0.2) is 0 Å². The third-order valence-corrected chi connectivity index (χ3v) is 2.86. The van der Waals surface area contributed by atoms with Crippen LogP contribution in [-0.4, -0.2) is 51.5 Å². The molecule has 100 valence electrons. The van der Waals surface area contributed by atoms with E-state index in [0.29, 0.717) is 19.8 Å². The lowest BCUT2D eigenvalue weighted by Crippen LogP contribution is -2.54. The number of unbranched alkanes of at least 4 members (excludes halogenated alkanes) is 1. The molecule has 0 aromatic heterocycles. The molecule has 1 fully saturated rings. The fourth-order valence-electron chi connectivity index (χ4n) is 1.88. The number of carbonyl (C=O) groups excluding carboxylic acids is 1. The molecule has 0 bridgehead atoms. The van der Waals surface area contributed by atoms with Gasteiger partial charge in [0.2, 0.25) is 5.91 Å². The van der Waals surface area contributed by atoms with Gasteiger partial charge in [-0.25, -0.2) is 0 Å². The van der Waals surface area contributed by atoms with Gasteiger partial charge in [-0.3, -0.25) is 4.79 Å². The van der Waals surface area contributed by atoms with Gasteiger partial charge in [0.25, 0.3) is 0 Å². The Kier molecular flexibility index (Phi) is 7.16. The number of morpholine rings is 1. The molecule has 0 saturated carbocycles. The predicted molar refractivity (Wildman–Crippen MR) is 65.9 cm³/mol. The van der Waals surface area contributed by atoms with Crippen molar-refractivity contribution in [2.45, 2.75) is 38.3 Å². The Morgan fingerprint density at radius 3 is 3.06 bits per heavy atom. The molecule has 0 radical (unpaired) electrons. The highest BCUT2D eigenvalue weighted by Crippen LogP contribution is 2.02. The Labute approximate surface area is 103 Å². The predicted octanol–water partition coefficient (Wildman–Crippen LogP) is 0.296. The van der Waals surface area contributed by atoms with Gasteiger partial charge in [0.1, 0.15) is 6.04 Å². The van der Waals surface area contributed by atoms with Gasteiger partial charge in [0, 0.05) is 13.7 Å². The molecular formula is C12H24N2O3. The van der Waals surface area contributed by atoms with Crippen LogP contribution in [0.5, 0.6) is 0 Å². The van der Waals surface area contributed by atoms with E-state index in [1.807, 2.05) is 0 Å². The molecule has 0 aliphatic carbocycles. The molecule has 1 rings (SSSR count). The zero-order valence-corrected chi connectivity index (χ0v) is 10.8. The Balaban J connectivity index is 2.33.